The van der Waals surface area contributed by atoms with Crippen LogP contribution in [0, 0.1) is 0 Å². The van der Waals surface area contributed by atoms with Crippen molar-refractivity contribution in [3.8, 4) is 0 Å². The SMILES string of the molecule is CC(C)NCCS(=O)(=O)N(C)CCC(F)(F)F. The van der Waals surface area contributed by atoms with Crippen LogP contribution in [0.2, 0.25) is 0 Å². The number of rotatable bonds is 7. The molecule has 0 saturated carbocycles. The average molecular weight is 276 g/mol. The topological polar surface area (TPSA) is 49.4 Å². The first kappa shape index (κ1) is 16.7. The Balaban J connectivity index is 4.12. The van der Waals surface area contributed by atoms with Gasteiger partial charge in [0.2, 0.25) is 10.0 Å². The van der Waals surface area contributed by atoms with Crippen LogP contribution in [0.15, 0.2) is 0 Å². The van der Waals surface area contributed by atoms with E-state index in [1.54, 1.807) is 0 Å². The second-order valence-corrected chi connectivity index (χ2v) is 6.31. The number of hydrogen-bond acceptors (Lipinski definition) is 3. The number of alkyl halides is 3. The quantitative estimate of drug-likeness (QED) is 0.760. The molecule has 0 radical (unpaired) electrons. The van der Waals surface area contributed by atoms with E-state index in [0.29, 0.717) is 0 Å². The van der Waals surface area contributed by atoms with Crippen molar-refractivity contribution in [2.24, 2.45) is 0 Å². The van der Waals surface area contributed by atoms with Gasteiger partial charge in [0.25, 0.3) is 0 Å². The Labute approximate surface area is 100 Å². The van der Waals surface area contributed by atoms with E-state index in [4.69, 9.17) is 0 Å². The second-order valence-electron chi connectivity index (χ2n) is 4.11. The Bertz CT molecular complexity index is 315. The van der Waals surface area contributed by atoms with Gasteiger partial charge in [-0.2, -0.15) is 13.2 Å². The molecular formula is C9H19F3N2O2S. The molecule has 0 fully saturated rings. The number of nitrogens with one attached hydrogen (secondary N) is 1. The first-order valence-electron chi connectivity index (χ1n) is 5.29. The van der Waals surface area contributed by atoms with Crippen molar-refractivity contribution in [1.82, 2.24) is 9.62 Å². The van der Waals surface area contributed by atoms with Crippen LogP contribution in [0.3, 0.4) is 0 Å². The summed E-state index contributed by atoms with van der Waals surface area (Å²) in [5.41, 5.74) is 0. The third-order valence-electron chi connectivity index (χ3n) is 2.10. The van der Waals surface area contributed by atoms with E-state index in [2.05, 4.69) is 5.32 Å². The van der Waals surface area contributed by atoms with Crippen LogP contribution < -0.4 is 5.32 Å². The lowest BCUT2D eigenvalue weighted by Crippen LogP contribution is -2.37. The maximum Gasteiger partial charge on any atom is 0.390 e. The van der Waals surface area contributed by atoms with E-state index < -0.39 is 29.2 Å². The van der Waals surface area contributed by atoms with Gasteiger partial charge in [0.15, 0.2) is 0 Å². The van der Waals surface area contributed by atoms with Gasteiger partial charge in [-0.15, -0.1) is 0 Å². The minimum Gasteiger partial charge on any atom is -0.313 e. The molecular weight excluding hydrogens is 257 g/mol. The van der Waals surface area contributed by atoms with E-state index in [1.165, 1.54) is 0 Å². The van der Waals surface area contributed by atoms with Gasteiger partial charge >= 0.3 is 6.18 Å². The summed E-state index contributed by atoms with van der Waals surface area (Å²) < 4.78 is 59.6. The lowest BCUT2D eigenvalue weighted by atomic mass is 10.4. The zero-order valence-electron chi connectivity index (χ0n) is 10.2. The van der Waals surface area contributed by atoms with Gasteiger partial charge in [0.1, 0.15) is 0 Å². The molecule has 0 aromatic heterocycles. The van der Waals surface area contributed by atoms with E-state index in [1.807, 2.05) is 13.8 Å². The third kappa shape index (κ3) is 8.39. The van der Waals surface area contributed by atoms with Crippen LogP contribution >= 0.6 is 0 Å². The molecule has 104 valence electrons. The standard InChI is InChI=1S/C9H19F3N2O2S/c1-8(2)13-5-7-17(15,16)14(3)6-4-9(10,11)12/h8,13H,4-7H2,1-3H3. The van der Waals surface area contributed by atoms with Crippen molar-refractivity contribution in [1.29, 1.82) is 0 Å². The molecule has 8 heteroatoms. The Morgan fingerprint density at radius 1 is 1.29 bits per heavy atom. The maximum atomic E-state index is 11.9. The summed E-state index contributed by atoms with van der Waals surface area (Å²) in [6.45, 7) is 3.42. The molecule has 0 rings (SSSR count). The van der Waals surface area contributed by atoms with Crippen LogP contribution in [0.4, 0.5) is 13.2 Å². The Morgan fingerprint density at radius 3 is 2.24 bits per heavy atom. The second kappa shape index (κ2) is 6.55. The van der Waals surface area contributed by atoms with Crippen LogP contribution in [0.1, 0.15) is 20.3 Å². The van der Waals surface area contributed by atoms with Crippen LogP contribution in [-0.4, -0.2) is 50.8 Å². The molecule has 0 heterocycles. The highest BCUT2D eigenvalue weighted by Crippen LogP contribution is 2.20. The zero-order valence-corrected chi connectivity index (χ0v) is 11.0. The molecule has 0 aliphatic rings. The molecule has 0 atom stereocenters. The zero-order chi connectivity index (χ0) is 13.7. The molecule has 0 aliphatic heterocycles. The number of nitrogens with zero attached hydrogens (tertiary/aromatic N) is 1. The largest absolute Gasteiger partial charge is 0.390 e. The summed E-state index contributed by atoms with van der Waals surface area (Å²) in [4.78, 5) is 0. The number of sulfonamides is 1. The fraction of sp³-hybridized carbons (Fsp3) is 1.00. The van der Waals surface area contributed by atoms with Crippen molar-refractivity contribution in [2.75, 3.05) is 25.9 Å². The van der Waals surface area contributed by atoms with Crippen molar-refractivity contribution >= 4 is 10.0 Å². The van der Waals surface area contributed by atoms with E-state index in [0.717, 1.165) is 11.4 Å². The lowest BCUT2D eigenvalue weighted by Gasteiger charge is -2.18. The molecule has 0 aromatic rings. The molecule has 4 nitrogen and oxygen atoms in total. The van der Waals surface area contributed by atoms with Crippen molar-refractivity contribution in [3.63, 3.8) is 0 Å². The van der Waals surface area contributed by atoms with Crippen molar-refractivity contribution in [3.05, 3.63) is 0 Å². The van der Waals surface area contributed by atoms with E-state index in [-0.39, 0.29) is 18.3 Å². The van der Waals surface area contributed by atoms with Gasteiger partial charge in [0, 0.05) is 26.2 Å². The van der Waals surface area contributed by atoms with E-state index >= 15 is 0 Å². The Morgan fingerprint density at radius 2 is 1.82 bits per heavy atom. The minimum atomic E-state index is -4.33. The van der Waals surface area contributed by atoms with Crippen LogP contribution in [0.5, 0.6) is 0 Å². The highest BCUT2D eigenvalue weighted by atomic mass is 32.2. The summed E-state index contributed by atoms with van der Waals surface area (Å²) in [5, 5.41) is 2.90. The molecule has 0 amide bonds. The fourth-order valence-corrected chi connectivity index (χ4v) is 2.11. The van der Waals surface area contributed by atoms with Crippen LogP contribution in [-0.2, 0) is 10.0 Å². The highest BCUT2D eigenvalue weighted by molar-refractivity contribution is 7.89. The predicted octanol–water partition coefficient (Wildman–Crippen LogP) is 1.20. The normalized spacial score (nSPS) is 13.6. The number of hydrogen-bond donors (Lipinski definition) is 1. The van der Waals surface area contributed by atoms with Crippen LogP contribution in [0.25, 0.3) is 0 Å². The van der Waals surface area contributed by atoms with Gasteiger partial charge in [-0.1, -0.05) is 13.8 Å². The molecule has 17 heavy (non-hydrogen) atoms. The first-order valence-corrected chi connectivity index (χ1v) is 6.89. The molecule has 0 unspecified atom stereocenters. The highest BCUT2D eigenvalue weighted by Gasteiger charge is 2.29. The summed E-state index contributed by atoms with van der Waals surface area (Å²) in [6, 6.07) is 0.144. The summed E-state index contributed by atoms with van der Waals surface area (Å²) >= 11 is 0. The third-order valence-corrected chi connectivity index (χ3v) is 3.95. The summed E-state index contributed by atoms with van der Waals surface area (Å²) in [5.74, 6) is -0.195. The molecule has 0 aliphatic carbocycles. The summed E-state index contributed by atoms with van der Waals surface area (Å²) in [6.07, 6.45) is -5.46. The smallest absolute Gasteiger partial charge is 0.313 e. The monoisotopic (exact) mass is 276 g/mol. The van der Waals surface area contributed by atoms with Crippen molar-refractivity contribution in [2.45, 2.75) is 32.5 Å². The first-order chi connectivity index (χ1) is 7.54. The van der Waals surface area contributed by atoms with Gasteiger partial charge in [-0.25, -0.2) is 12.7 Å². The minimum absolute atomic E-state index is 0.144. The lowest BCUT2D eigenvalue weighted by molar-refractivity contribution is -0.135. The van der Waals surface area contributed by atoms with Gasteiger partial charge in [0.05, 0.1) is 12.2 Å². The predicted molar refractivity (Wildman–Crippen MR) is 60.2 cm³/mol. The summed E-state index contributed by atoms with van der Waals surface area (Å²) in [7, 11) is -2.44. The Kier molecular flexibility index (Phi) is 6.42. The molecule has 0 saturated heterocycles. The molecule has 0 aromatic carbocycles. The average Bonchev–Trinajstić information content (AvgIpc) is 2.11. The van der Waals surface area contributed by atoms with Gasteiger partial charge in [-0.05, 0) is 0 Å². The fourth-order valence-electron chi connectivity index (χ4n) is 1.06. The maximum absolute atomic E-state index is 11.9. The molecule has 0 bridgehead atoms. The van der Waals surface area contributed by atoms with E-state index in [9.17, 15) is 21.6 Å². The van der Waals surface area contributed by atoms with Gasteiger partial charge in [-0.3, -0.25) is 0 Å². The van der Waals surface area contributed by atoms with Crippen molar-refractivity contribution < 1.29 is 21.6 Å². The van der Waals surface area contributed by atoms with Gasteiger partial charge < -0.3 is 5.32 Å². The number of halogens is 3. The molecule has 1 N–H and O–H groups in total. The Hall–Kier alpha value is -0.340. The molecule has 0 spiro atoms.